The first-order valence-corrected chi connectivity index (χ1v) is 9.13. The van der Waals surface area contributed by atoms with Crippen LogP contribution in [0.15, 0.2) is 58.4 Å². The van der Waals surface area contributed by atoms with Crippen LogP contribution in [0, 0.1) is 6.92 Å². The second kappa shape index (κ2) is 8.66. The summed E-state index contributed by atoms with van der Waals surface area (Å²) in [6.07, 6.45) is 1.48. The zero-order valence-corrected chi connectivity index (χ0v) is 16.6. The van der Waals surface area contributed by atoms with E-state index in [1.807, 2.05) is 31.2 Å². The highest BCUT2D eigenvalue weighted by Crippen LogP contribution is 2.10. The molecule has 2 aromatic carbocycles. The van der Waals surface area contributed by atoms with Gasteiger partial charge in [-0.15, -0.1) is 4.68 Å². The number of amides is 1. The predicted octanol–water partition coefficient (Wildman–Crippen LogP) is 1.55. The SMILES string of the molecule is CNC(=O)c1c(=O)n(N=Cc2ccc(C)cc2)[nH][n+]1CC(=O)c1ccc(Cl)cc1. The van der Waals surface area contributed by atoms with Crippen LogP contribution in [0.2, 0.25) is 5.02 Å². The van der Waals surface area contributed by atoms with E-state index in [1.54, 1.807) is 24.3 Å². The molecule has 3 rings (SSSR count). The van der Waals surface area contributed by atoms with Gasteiger partial charge in [0.1, 0.15) is 0 Å². The number of nitrogens with zero attached hydrogens (tertiary/aromatic N) is 3. The van der Waals surface area contributed by atoms with E-state index in [-0.39, 0.29) is 18.0 Å². The van der Waals surface area contributed by atoms with Crippen LogP contribution in [0.4, 0.5) is 0 Å². The number of hydrogen-bond acceptors (Lipinski definition) is 4. The number of Topliss-reactive ketones (excluding diaryl/α,β-unsaturated/α-hetero) is 1. The number of carbonyl (C=O) groups excluding carboxylic acids is 2. The number of benzene rings is 2. The number of nitrogens with one attached hydrogen (secondary N) is 2. The molecule has 0 unspecified atom stereocenters. The minimum atomic E-state index is -0.670. The van der Waals surface area contributed by atoms with Crippen molar-refractivity contribution >= 4 is 29.5 Å². The van der Waals surface area contributed by atoms with Gasteiger partial charge in [0.2, 0.25) is 5.78 Å². The fourth-order valence-corrected chi connectivity index (χ4v) is 2.73. The Morgan fingerprint density at radius 3 is 2.45 bits per heavy atom. The van der Waals surface area contributed by atoms with Crippen LogP contribution < -0.4 is 15.6 Å². The first kappa shape index (κ1) is 20.2. The molecule has 0 fully saturated rings. The Kier molecular flexibility index (Phi) is 6.04. The quantitative estimate of drug-likeness (QED) is 0.365. The van der Waals surface area contributed by atoms with Gasteiger partial charge in [0.15, 0.2) is 6.54 Å². The van der Waals surface area contributed by atoms with E-state index in [1.165, 1.54) is 17.9 Å². The molecule has 0 atom stereocenters. The average Bonchev–Trinajstić information content (AvgIpc) is 3.02. The molecule has 3 aromatic rings. The second-order valence-electron chi connectivity index (χ2n) is 6.32. The van der Waals surface area contributed by atoms with Crippen molar-refractivity contribution in [1.82, 2.24) is 15.3 Å². The van der Waals surface area contributed by atoms with Crippen molar-refractivity contribution in [2.45, 2.75) is 13.5 Å². The number of ketones is 1. The molecule has 148 valence electrons. The van der Waals surface area contributed by atoms with Gasteiger partial charge in [-0.05, 0) is 36.8 Å². The lowest BCUT2D eigenvalue weighted by Gasteiger charge is -2.00. The van der Waals surface area contributed by atoms with E-state index in [2.05, 4.69) is 15.6 Å². The van der Waals surface area contributed by atoms with Crippen molar-refractivity contribution in [3.05, 3.63) is 86.3 Å². The third-order valence-electron chi connectivity index (χ3n) is 4.19. The molecule has 29 heavy (non-hydrogen) atoms. The van der Waals surface area contributed by atoms with E-state index in [4.69, 9.17) is 11.6 Å². The third kappa shape index (κ3) is 4.67. The van der Waals surface area contributed by atoms with Gasteiger partial charge in [0, 0.05) is 22.4 Å². The molecule has 0 bridgehead atoms. The molecule has 0 spiro atoms. The highest BCUT2D eigenvalue weighted by Gasteiger charge is 2.29. The van der Waals surface area contributed by atoms with Crippen LogP contribution in [0.3, 0.4) is 0 Å². The summed E-state index contributed by atoms with van der Waals surface area (Å²) in [6, 6.07) is 13.9. The van der Waals surface area contributed by atoms with E-state index in [9.17, 15) is 14.4 Å². The Bertz CT molecular complexity index is 1130. The Labute approximate surface area is 171 Å². The van der Waals surface area contributed by atoms with Crippen LogP contribution in [0.5, 0.6) is 0 Å². The Balaban J connectivity index is 1.93. The van der Waals surface area contributed by atoms with Crippen molar-refractivity contribution in [3.8, 4) is 0 Å². The molecule has 9 heteroatoms. The fraction of sp³-hybridized carbons (Fsp3) is 0.150. The fourth-order valence-electron chi connectivity index (χ4n) is 2.60. The average molecular weight is 413 g/mol. The minimum Gasteiger partial charge on any atom is -0.352 e. The molecule has 1 aromatic heterocycles. The van der Waals surface area contributed by atoms with Gasteiger partial charge in [-0.25, -0.2) is 4.79 Å². The summed E-state index contributed by atoms with van der Waals surface area (Å²) in [5.74, 6) is -0.924. The molecule has 0 aliphatic heterocycles. The summed E-state index contributed by atoms with van der Waals surface area (Å²) in [5, 5.41) is 9.67. The number of carbonyl (C=O) groups is 2. The van der Waals surface area contributed by atoms with Gasteiger partial charge in [0.05, 0.1) is 6.21 Å². The monoisotopic (exact) mass is 412 g/mol. The highest BCUT2D eigenvalue weighted by atomic mass is 35.5. The number of aromatic nitrogens is 3. The Morgan fingerprint density at radius 2 is 1.83 bits per heavy atom. The van der Waals surface area contributed by atoms with Crippen molar-refractivity contribution < 1.29 is 14.3 Å². The first-order valence-electron chi connectivity index (χ1n) is 8.76. The third-order valence-corrected chi connectivity index (χ3v) is 4.44. The molecule has 0 radical (unpaired) electrons. The van der Waals surface area contributed by atoms with Crippen molar-refractivity contribution in [3.63, 3.8) is 0 Å². The van der Waals surface area contributed by atoms with Crippen molar-refractivity contribution in [2.75, 3.05) is 7.05 Å². The lowest BCUT2D eigenvalue weighted by Crippen LogP contribution is -2.48. The van der Waals surface area contributed by atoms with Crippen LogP contribution in [-0.2, 0) is 6.54 Å². The van der Waals surface area contributed by atoms with Crippen molar-refractivity contribution in [1.29, 1.82) is 0 Å². The van der Waals surface area contributed by atoms with Crippen LogP contribution >= 0.6 is 11.6 Å². The maximum absolute atomic E-state index is 12.6. The van der Waals surface area contributed by atoms with E-state index in [0.29, 0.717) is 10.6 Å². The molecule has 0 saturated carbocycles. The maximum atomic E-state index is 12.6. The van der Waals surface area contributed by atoms with Gasteiger partial charge in [-0.3, -0.25) is 9.59 Å². The minimum absolute atomic E-state index is 0.226. The summed E-state index contributed by atoms with van der Waals surface area (Å²) in [5.41, 5.74) is 1.39. The van der Waals surface area contributed by atoms with Gasteiger partial charge in [-0.2, -0.15) is 0 Å². The first-order chi connectivity index (χ1) is 13.9. The Hall–Kier alpha value is -3.52. The van der Waals surface area contributed by atoms with E-state index >= 15 is 0 Å². The maximum Gasteiger partial charge on any atom is 0.432 e. The zero-order valence-electron chi connectivity index (χ0n) is 15.8. The highest BCUT2D eigenvalue weighted by molar-refractivity contribution is 6.30. The molecular weight excluding hydrogens is 394 g/mol. The lowest BCUT2D eigenvalue weighted by molar-refractivity contribution is -0.744. The number of rotatable bonds is 6. The largest absolute Gasteiger partial charge is 0.432 e. The lowest BCUT2D eigenvalue weighted by atomic mass is 10.1. The number of hydrogen-bond donors (Lipinski definition) is 2. The summed E-state index contributed by atoms with van der Waals surface area (Å²) >= 11 is 5.84. The molecule has 1 amide bonds. The molecule has 2 N–H and O–H groups in total. The summed E-state index contributed by atoms with van der Waals surface area (Å²) in [4.78, 5) is 38.3. The Morgan fingerprint density at radius 1 is 1.17 bits per heavy atom. The topological polar surface area (TPSA) is 100 Å². The summed E-state index contributed by atoms with van der Waals surface area (Å²) in [7, 11) is 1.40. The smallest absolute Gasteiger partial charge is 0.352 e. The van der Waals surface area contributed by atoms with E-state index < -0.39 is 11.5 Å². The van der Waals surface area contributed by atoms with Crippen molar-refractivity contribution in [2.24, 2.45) is 5.10 Å². The van der Waals surface area contributed by atoms with Gasteiger partial charge >= 0.3 is 17.2 Å². The summed E-state index contributed by atoms with van der Waals surface area (Å²) in [6.45, 7) is 1.72. The molecule has 0 aliphatic rings. The molecule has 8 nitrogen and oxygen atoms in total. The summed E-state index contributed by atoms with van der Waals surface area (Å²) < 4.78 is 1.17. The molecule has 0 saturated heterocycles. The standard InChI is InChI=1S/C20H18ClN5O3/c1-13-3-5-14(6-4-13)11-23-26-20(29)18(19(28)22-2)25(24-26)12-17(27)15-7-9-16(21)10-8-15/h3-11H,12H2,1-2H3,(H-,22,24,28,29)/p+1. The zero-order chi connectivity index (χ0) is 21.0. The number of halogens is 1. The van der Waals surface area contributed by atoms with Crippen LogP contribution in [0.25, 0.3) is 0 Å². The van der Waals surface area contributed by atoms with Gasteiger partial charge in [-0.1, -0.05) is 51.7 Å². The molecule has 1 heterocycles. The second-order valence-corrected chi connectivity index (χ2v) is 6.75. The number of aromatic amines is 1. The predicted molar refractivity (Wildman–Crippen MR) is 109 cm³/mol. The number of H-pyrrole nitrogens is 1. The number of aryl methyl sites for hydroxylation is 1. The van der Waals surface area contributed by atoms with Crippen LogP contribution in [0.1, 0.15) is 32.0 Å². The molecular formula is C20H19ClN5O3+. The normalized spacial score (nSPS) is 11.0. The van der Waals surface area contributed by atoms with E-state index in [0.717, 1.165) is 15.9 Å². The van der Waals surface area contributed by atoms with Gasteiger partial charge < -0.3 is 5.32 Å². The van der Waals surface area contributed by atoms with Gasteiger partial charge in [0.25, 0.3) is 0 Å². The van der Waals surface area contributed by atoms with Crippen LogP contribution in [-0.4, -0.2) is 35.0 Å². The molecule has 0 aliphatic carbocycles.